The number of rotatable bonds is 2. The number of hydrogen-bond acceptors (Lipinski definition) is 4. The molecule has 4 aliphatic carbocycles. The minimum Gasteiger partial charge on any atom is -0.321 e. The van der Waals surface area contributed by atoms with Crippen LogP contribution < -0.4 is 10.6 Å². The smallest absolute Gasteiger partial charge is 0.274 e. The summed E-state index contributed by atoms with van der Waals surface area (Å²) in [6.45, 7) is 0. The topological polar surface area (TPSA) is 79.3 Å². The fraction of sp³-hybridized carbons (Fsp3) is 0.429. The molecule has 4 bridgehead atoms. The number of nitrogens with one attached hydrogen (secondary N) is 2. The van der Waals surface area contributed by atoms with E-state index in [0.717, 1.165) is 34.4 Å². The highest BCUT2D eigenvalue weighted by Gasteiger charge is 2.54. The Bertz CT molecular complexity index is 1010. The molecule has 27 heavy (non-hydrogen) atoms. The van der Waals surface area contributed by atoms with Crippen LogP contribution >= 0.6 is 0 Å². The van der Waals surface area contributed by atoms with E-state index in [1.54, 1.807) is 12.4 Å². The van der Waals surface area contributed by atoms with Crippen LogP contribution in [0.2, 0.25) is 0 Å². The number of carbonyl (C=O) groups excluding carboxylic acids is 1. The summed E-state index contributed by atoms with van der Waals surface area (Å²) in [5.41, 5.74) is 3.11. The zero-order valence-electron chi connectivity index (χ0n) is 14.9. The van der Waals surface area contributed by atoms with E-state index in [-0.39, 0.29) is 5.91 Å². The van der Waals surface area contributed by atoms with Crippen molar-refractivity contribution in [3.63, 3.8) is 0 Å². The maximum Gasteiger partial charge on any atom is 0.274 e. The summed E-state index contributed by atoms with van der Waals surface area (Å²) in [6, 6.07) is 6.19. The molecule has 0 radical (unpaired) electrons. The first-order valence-corrected chi connectivity index (χ1v) is 9.81. The van der Waals surface area contributed by atoms with E-state index in [4.69, 9.17) is 4.99 Å². The molecule has 5 aliphatic rings. The van der Waals surface area contributed by atoms with Crippen LogP contribution in [-0.4, -0.2) is 27.9 Å². The SMILES string of the molecule is O=C1NC(=NC2C3CC4CC(C3)C2C4)N/C1=C\c1ccc2nccnc2c1. The molecule has 6 heteroatoms. The van der Waals surface area contributed by atoms with Crippen LogP contribution in [0, 0.1) is 23.7 Å². The van der Waals surface area contributed by atoms with Crippen LogP contribution in [0.15, 0.2) is 41.3 Å². The van der Waals surface area contributed by atoms with Crippen molar-refractivity contribution < 1.29 is 4.79 Å². The molecular formula is C21H21N5O. The number of benzene rings is 1. The average molecular weight is 359 g/mol. The lowest BCUT2D eigenvalue weighted by molar-refractivity contribution is -0.115. The molecular weight excluding hydrogens is 338 g/mol. The van der Waals surface area contributed by atoms with Gasteiger partial charge in [-0.3, -0.25) is 20.1 Å². The van der Waals surface area contributed by atoms with Crippen LogP contribution in [0.5, 0.6) is 0 Å². The number of nitrogens with zero attached hydrogens (tertiary/aromatic N) is 3. The molecule has 136 valence electrons. The second-order valence-electron chi connectivity index (χ2n) is 8.40. The molecule has 1 aliphatic heterocycles. The number of aliphatic imine (C=N–C) groups is 1. The Morgan fingerprint density at radius 1 is 1.00 bits per heavy atom. The summed E-state index contributed by atoms with van der Waals surface area (Å²) in [7, 11) is 0. The predicted molar refractivity (Wildman–Crippen MR) is 102 cm³/mol. The molecule has 5 fully saturated rings. The monoisotopic (exact) mass is 359 g/mol. The van der Waals surface area contributed by atoms with Gasteiger partial charge in [0.05, 0.1) is 17.1 Å². The van der Waals surface area contributed by atoms with Gasteiger partial charge >= 0.3 is 0 Å². The molecule has 2 N–H and O–H groups in total. The third-order valence-electron chi connectivity index (χ3n) is 6.82. The summed E-state index contributed by atoms with van der Waals surface area (Å²) in [5.74, 6) is 3.74. The first-order chi connectivity index (χ1) is 13.2. The van der Waals surface area contributed by atoms with Crippen molar-refractivity contribution in [3.8, 4) is 0 Å². The van der Waals surface area contributed by atoms with E-state index in [1.165, 1.54) is 25.7 Å². The highest BCUT2D eigenvalue weighted by Crippen LogP contribution is 2.59. The number of carbonyl (C=O) groups is 1. The fourth-order valence-electron chi connectivity index (χ4n) is 5.84. The van der Waals surface area contributed by atoms with Crippen molar-refractivity contribution in [2.45, 2.75) is 31.7 Å². The third kappa shape index (κ3) is 2.46. The molecule has 1 amide bonds. The molecule has 1 saturated heterocycles. The van der Waals surface area contributed by atoms with Gasteiger partial charge in [0.1, 0.15) is 5.70 Å². The van der Waals surface area contributed by atoms with Crippen LogP contribution in [0.3, 0.4) is 0 Å². The number of amides is 1. The Labute approximate surface area is 157 Å². The summed E-state index contributed by atoms with van der Waals surface area (Å²) < 4.78 is 0. The van der Waals surface area contributed by atoms with Crippen molar-refractivity contribution >= 4 is 29.0 Å². The van der Waals surface area contributed by atoms with Crippen molar-refractivity contribution in [1.29, 1.82) is 0 Å². The van der Waals surface area contributed by atoms with Crippen LogP contribution in [0.1, 0.15) is 31.2 Å². The van der Waals surface area contributed by atoms with Gasteiger partial charge in [-0.1, -0.05) is 6.07 Å². The van der Waals surface area contributed by atoms with Crippen LogP contribution in [0.4, 0.5) is 0 Å². The highest BCUT2D eigenvalue weighted by molar-refractivity contribution is 6.15. The predicted octanol–water partition coefficient (Wildman–Crippen LogP) is 2.48. The Hall–Kier alpha value is -2.76. The quantitative estimate of drug-likeness (QED) is 0.808. The summed E-state index contributed by atoms with van der Waals surface area (Å²) in [6.07, 6.45) is 10.6. The zero-order chi connectivity index (χ0) is 18.0. The van der Waals surface area contributed by atoms with E-state index in [9.17, 15) is 4.79 Å². The molecule has 6 nitrogen and oxygen atoms in total. The molecule has 5 atom stereocenters. The third-order valence-corrected chi connectivity index (χ3v) is 6.82. The van der Waals surface area contributed by atoms with Crippen molar-refractivity contribution in [1.82, 2.24) is 20.6 Å². The zero-order valence-corrected chi connectivity index (χ0v) is 14.9. The largest absolute Gasteiger partial charge is 0.321 e. The standard InChI is InChI=1S/C21H21N5O/c27-20-18(9-11-1-2-16-17(8-11)23-4-3-22-16)24-21(26-20)25-19-14-6-12-5-13(10-14)15(19)7-12/h1-4,8-9,12-15,19H,5-7,10H2,(H2,24,25,26,27)/b18-9-. The summed E-state index contributed by atoms with van der Waals surface area (Å²) in [5, 5.41) is 6.11. The van der Waals surface area contributed by atoms with Crippen molar-refractivity contribution in [2.24, 2.45) is 28.7 Å². The van der Waals surface area contributed by atoms with Crippen molar-refractivity contribution in [2.75, 3.05) is 0 Å². The van der Waals surface area contributed by atoms with Gasteiger partial charge in [-0.2, -0.15) is 0 Å². The van der Waals surface area contributed by atoms with E-state index in [0.29, 0.717) is 23.6 Å². The summed E-state index contributed by atoms with van der Waals surface area (Å²) >= 11 is 0. The lowest BCUT2D eigenvalue weighted by Crippen LogP contribution is -2.33. The first kappa shape index (κ1) is 15.3. The molecule has 2 heterocycles. The van der Waals surface area contributed by atoms with Gasteiger partial charge in [0.15, 0.2) is 0 Å². The molecule has 1 aromatic carbocycles. The summed E-state index contributed by atoms with van der Waals surface area (Å²) in [4.78, 5) is 25.9. The van der Waals surface area contributed by atoms with E-state index in [2.05, 4.69) is 20.6 Å². The maximum absolute atomic E-state index is 12.4. The molecule has 4 saturated carbocycles. The number of aromatic nitrogens is 2. The van der Waals surface area contributed by atoms with Gasteiger partial charge in [-0.05, 0) is 73.1 Å². The van der Waals surface area contributed by atoms with E-state index >= 15 is 0 Å². The average Bonchev–Trinajstić information content (AvgIpc) is 3.24. The van der Waals surface area contributed by atoms with Crippen molar-refractivity contribution in [3.05, 3.63) is 41.9 Å². The maximum atomic E-state index is 12.4. The number of guanidine groups is 1. The lowest BCUT2D eigenvalue weighted by atomic mass is 9.79. The number of hydrogen-bond donors (Lipinski definition) is 2. The fourth-order valence-corrected chi connectivity index (χ4v) is 5.84. The first-order valence-electron chi connectivity index (χ1n) is 9.81. The van der Waals surface area contributed by atoms with Crippen LogP contribution in [0.25, 0.3) is 17.1 Å². The Kier molecular flexibility index (Phi) is 3.19. The van der Waals surface area contributed by atoms with E-state index < -0.39 is 0 Å². The van der Waals surface area contributed by atoms with Crippen LogP contribution in [-0.2, 0) is 4.79 Å². The van der Waals surface area contributed by atoms with Gasteiger partial charge in [0.2, 0.25) is 5.96 Å². The molecule has 2 aromatic rings. The minimum absolute atomic E-state index is 0.125. The molecule has 7 rings (SSSR count). The van der Waals surface area contributed by atoms with Gasteiger partial charge < -0.3 is 5.32 Å². The molecule has 0 spiro atoms. The second-order valence-corrected chi connectivity index (χ2v) is 8.40. The normalized spacial score (nSPS) is 36.7. The number of fused-ring (bicyclic) bond motifs is 1. The van der Waals surface area contributed by atoms with Gasteiger partial charge in [0.25, 0.3) is 5.91 Å². The lowest BCUT2D eigenvalue weighted by Gasteiger charge is -2.29. The Morgan fingerprint density at radius 3 is 2.74 bits per heavy atom. The Balaban J connectivity index is 1.26. The highest BCUT2D eigenvalue weighted by atomic mass is 16.2. The van der Waals surface area contributed by atoms with Gasteiger partial charge in [0, 0.05) is 12.4 Å². The minimum atomic E-state index is -0.125. The second kappa shape index (κ2) is 5.62. The Morgan fingerprint density at radius 2 is 1.85 bits per heavy atom. The van der Waals surface area contributed by atoms with Gasteiger partial charge in [-0.15, -0.1) is 0 Å². The van der Waals surface area contributed by atoms with Gasteiger partial charge in [-0.25, -0.2) is 4.99 Å². The molecule has 1 aromatic heterocycles. The molecule has 5 unspecified atom stereocenters. The van der Waals surface area contributed by atoms with E-state index in [1.807, 2.05) is 24.3 Å².